The summed E-state index contributed by atoms with van der Waals surface area (Å²) in [5.74, 6) is 0.0484. The summed E-state index contributed by atoms with van der Waals surface area (Å²) in [5, 5.41) is 0.373. The van der Waals surface area contributed by atoms with E-state index in [0.717, 1.165) is 16.7 Å². The van der Waals surface area contributed by atoms with Crippen molar-refractivity contribution >= 4 is 17.1 Å². The molecule has 0 radical (unpaired) electrons. The number of fused-ring (bicyclic) bond motifs is 1. The van der Waals surface area contributed by atoms with Gasteiger partial charge < -0.3 is 13.9 Å². The van der Waals surface area contributed by atoms with Crippen LogP contribution in [0.4, 0.5) is 4.79 Å². The summed E-state index contributed by atoms with van der Waals surface area (Å²) >= 11 is 0. The van der Waals surface area contributed by atoms with Crippen LogP contribution in [0.2, 0.25) is 0 Å². The standard InChI is InChI=1S/C21H20O5/c1-5-24-21(23)26-20-17(22)16-11-13(3)10-14(4)18(16)25-19(20)15-8-6-12(2)7-9-15/h6-11H,5H2,1-4H3. The fourth-order valence-electron chi connectivity index (χ4n) is 2.85. The highest BCUT2D eigenvalue weighted by Crippen LogP contribution is 2.32. The van der Waals surface area contributed by atoms with Crippen LogP contribution in [0.5, 0.6) is 5.75 Å². The van der Waals surface area contributed by atoms with Crippen LogP contribution in [0.15, 0.2) is 45.6 Å². The third-order valence-electron chi connectivity index (χ3n) is 4.04. The van der Waals surface area contributed by atoms with Crippen LogP contribution in [-0.2, 0) is 4.74 Å². The van der Waals surface area contributed by atoms with Crippen LogP contribution in [0, 0.1) is 20.8 Å². The summed E-state index contributed by atoms with van der Waals surface area (Å²) in [6.45, 7) is 7.55. The fourth-order valence-corrected chi connectivity index (χ4v) is 2.85. The van der Waals surface area contributed by atoms with Gasteiger partial charge in [0.15, 0.2) is 5.76 Å². The van der Waals surface area contributed by atoms with Crippen LogP contribution in [0.1, 0.15) is 23.6 Å². The molecule has 0 aliphatic carbocycles. The van der Waals surface area contributed by atoms with Crippen molar-refractivity contribution in [3.05, 3.63) is 63.3 Å². The summed E-state index contributed by atoms with van der Waals surface area (Å²) in [6, 6.07) is 11.1. The number of carbonyl (C=O) groups is 1. The molecular weight excluding hydrogens is 332 g/mol. The first-order valence-corrected chi connectivity index (χ1v) is 8.40. The van der Waals surface area contributed by atoms with Gasteiger partial charge in [0.2, 0.25) is 11.2 Å². The molecule has 26 heavy (non-hydrogen) atoms. The molecule has 0 spiro atoms. The predicted molar refractivity (Wildman–Crippen MR) is 99.8 cm³/mol. The van der Waals surface area contributed by atoms with Gasteiger partial charge >= 0.3 is 6.16 Å². The summed E-state index contributed by atoms with van der Waals surface area (Å²) in [7, 11) is 0. The fraction of sp³-hybridized carbons (Fsp3) is 0.238. The second-order valence-electron chi connectivity index (χ2n) is 6.20. The number of carbonyl (C=O) groups excluding carboxylic acids is 1. The lowest BCUT2D eigenvalue weighted by atomic mass is 10.0. The average Bonchev–Trinajstić information content (AvgIpc) is 2.59. The average molecular weight is 352 g/mol. The van der Waals surface area contributed by atoms with E-state index in [2.05, 4.69) is 0 Å². The van der Waals surface area contributed by atoms with E-state index in [4.69, 9.17) is 13.9 Å². The topological polar surface area (TPSA) is 65.7 Å². The molecule has 3 rings (SSSR count). The molecule has 2 aromatic carbocycles. The van der Waals surface area contributed by atoms with Gasteiger partial charge in [-0.15, -0.1) is 0 Å². The first kappa shape index (κ1) is 17.7. The van der Waals surface area contributed by atoms with Crippen molar-refractivity contribution in [1.82, 2.24) is 0 Å². The van der Waals surface area contributed by atoms with E-state index >= 15 is 0 Å². The zero-order valence-corrected chi connectivity index (χ0v) is 15.2. The minimum absolute atomic E-state index is 0.149. The lowest BCUT2D eigenvalue weighted by Crippen LogP contribution is -2.17. The van der Waals surface area contributed by atoms with Gasteiger partial charge in [0.05, 0.1) is 12.0 Å². The molecule has 0 bridgehead atoms. The molecule has 3 aromatic rings. The molecule has 134 valence electrons. The van der Waals surface area contributed by atoms with Gasteiger partial charge in [-0.3, -0.25) is 4.79 Å². The number of rotatable bonds is 3. The molecule has 0 unspecified atom stereocenters. The Bertz CT molecular complexity index is 1030. The summed E-state index contributed by atoms with van der Waals surface area (Å²) in [4.78, 5) is 24.9. The highest BCUT2D eigenvalue weighted by atomic mass is 16.7. The molecule has 0 saturated carbocycles. The Morgan fingerprint density at radius 2 is 1.73 bits per heavy atom. The van der Waals surface area contributed by atoms with E-state index in [-0.39, 0.29) is 18.1 Å². The van der Waals surface area contributed by atoms with Crippen LogP contribution in [0.3, 0.4) is 0 Å². The Balaban J connectivity index is 2.30. The van der Waals surface area contributed by atoms with Gasteiger partial charge in [-0.05, 0) is 44.9 Å². The summed E-state index contributed by atoms with van der Waals surface area (Å²) in [6.07, 6.45) is -0.933. The monoisotopic (exact) mass is 352 g/mol. The van der Waals surface area contributed by atoms with Gasteiger partial charge in [0, 0.05) is 5.56 Å². The Kier molecular flexibility index (Phi) is 4.80. The first-order chi connectivity index (χ1) is 12.4. The molecule has 0 aliphatic heterocycles. The van der Waals surface area contributed by atoms with Crippen molar-refractivity contribution in [2.24, 2.45) is 0 Å². The molecule has 1 aromatic heterocycles. The first-order valence-electron chi connectivity index (χ1n) is 8.40. The number of hydrogen-bond acceptors (Lipinski definition) is 5. The Morgan fingerprint density at radius 3 is 2.38 bits per heavy atom. The minimum atomic E-state index is -0.933. The van der Waals surface area contributed by atoms with Gasteiger partial charge in [-0.1, -0.05) is 35.9 Å². The molecular formula is C21H20O5. The smallest absolute Gasteiger partial charge is 0.452 e. The Labute approximate surface area is 151 Å². The SMILES string of the molecule is CCOC(=O)Oc1c(-c2ccc(C)cc2)oc2c(C)cc(C)cc2c1=O. The van der Waals surface area contributed by atoms with E-state index in [0.29, 0.717) is 16.5 Å². The lowest BCUT2D eigenvalue weighted by Gasteiger charge is -2.12. The van der Waals surface area contributed by atoms with E-state index in [1.54, 1.807) is 13.0 Å². The number of aryl methyl sites for hydroxylation is 3. The zero-order valence-electron chi connectivity index (χ0n) is 15.2. The van der Waals surface area contributed by atoms with E-state index in [1.165, 1.54) is 0 Å². The molecule has 0 aliphatic rings. The zero-order chi connectivity index (χ0) is 18.8. The van der Waals surface area contributed by atoms with E-state index in [1.807, 2.05) is 51.1 Å². The second-order valence-corrected chi connectivity index (χ2v) is 6.20. The maximum Gasteiger partial charge on any atom is 0.514 e. The van der Waals surface area contributed by atoms with Crippen molar-refractivity contribution in [2.45, 2.75) is 27.7 Å². The number of ether oxygens (including phenoxy) is 2. The molecule has 1 heterocycles. The maximum atomic E-state index is 13.0. The third kappa shape index (κ3) is 3.33. The lowest BCUT2D eigenvalue weighted by molar-refractivity contribution is 0.103. The number of benzene rings is 2. The summed E-state index contributed by atoms with van der Waals surface area (Å²) in [5.41, 5.74) is 3.56. The van der Waals surface area contributed by atoms with Crippen molar-refractivity contribution in [3.63, 3.8) is 0 Å². The van der Waals surface area contributed by atoms with Crippen molar-refractivity contribution in [1.29, 1.82) is 0 Å². The highest BCUT2D eigenvalue weighted by molar-refractivity contribution is 5.86. The van der Waals surface area contributed by atoms with Crippen LogP contribution in [0.25, 0.3) is 22.3 Å². The highest BCUT2D eigenvalue weighted by Gasteiger charge is 2.22. The molecule has 0 saturated heterocycles. The van der Waals surface area contributed by atoms with Crippen LogP contribution < -0.4 is 10.2 Å². The largest absolute Gasteiger partial charge is 0.514 e. The van der Waals surface area contributed by atoms with Gasteiger partial charge in [-0.25, -0.2) is 4.79 Å². The Morgan fingerprint density at radius 1 is 1.04 bits per heavy atom. The summed E-state index contributed by atoms with van der Waals surface area (Å²) < 4.78 is 16.1. The quantitative estimate of drug-likeness (QED) is 0.626. The van der Waals surface area contributed by atoms with Crippen molar-refractivity contribution in [2.75, 3.05) is 6.61 Å². The number of hydrogen-bond donors (Lipinski definition) is 0. The van der Waals surface area contributed by atoms with Gasteiger partial charge in [-0.2, -0.15) is 0 Å². The molecule has 0 N–H and O–H groups in total. The van der Waals surface area contributed by atoms with Gasteiger partial charge in [0.1, 0.15) is 5.58 Å². The van der Waals surface area contributed by atoms with Crippen molar-refractivity contribution < 1.29 is 18.7 Å². The Hall–Kier alpha value is -3.08. The van der Waals surface area contributed by atoms with E-state index < -0.39 is 11.6 Å². The predicted octanol–water partition coefficient (Wildman–Crippen LogP) is 4.92. The van der Waals surface area contributed by atoms with Crippen molar-refractivity contribution in [3.8, 4) is 17.1 Å². The normalized spacial score (nSPS) is 10.8. The molecule has 0 fully saturated rings. The van der Waals surface area contributed by atoms with Gasteiger partial charge in [0.25, 0.3) is 0 Å². The molecule has 0 amide bonds. The molecule has 0 atom stereocenters. The molecule has 5 heteroatoms. The second kappa shape index (κ2) is 7.04. The molecule has 5 nitrogen and oxygen atoms in total. The van der Waals surface area contributed by atoms with E-state index in [9.17, 15) is 9.59 Å². The third-order valence-corrected chi connectivity index (χ3v) is 4.04. The maximum absolute atomic E-state index is 13.0. The van der Waals surface area contributed by atoms with Crippen LogP contribution in [-0.4, -0.2) is 12.8 Å². The minimum Gasteiger partial charge on any atom is -0.452 e. The van der Waals surface area contributed by atoms with Crippen LogP contribution >= 0.6 is 0 Å².